The zero-order chi connectivity index (χ0) is 8.69. The molecule has 0 bridgehead atoms. The first-order valence-electron chi connectivity index (χ1n) is 3.25. The van der Waals surface area contributed by atoms with E-state index in [9.17, 15) is 9.59 Å². The maximum Gasteiger partial charge on any atom is 0.163 e. The highest BCUT2D eigenvalue weighted by Crippen LogP contribution is 1.99. The lowest BCUT2D eigenvalue weighted by Crippen LogP contribution is -2.18. The Morgan fingerprint density at radius 3 is 2.36 bits per heavy atom. The van der Waals surface area contributed by atoms with E-state index in [0.29, 0.717) is 6.29 Å². The van der Waals surface area contributed by atoms with E-state index in [0.717, 1.165) is 0 Å². The van der Waals surface area contributed by atoms with Gasteiger partial charge in [-0.25, -0.2) is 0 Å². The average Bonchev–Trinajstić information content (AvgIpc) is 2.01. The van der Waals surface area contributed by atoms with E-state index >= 15 is 0 Å². The van der Waals surface area contributed by atoms with Crippen molar-refractivity contribution < 1.29 is 19.1 Å². The number of aldehydes is 1. The first kappa shape index (κ1) is 10.3. The van der Waals surface area contributed by atoms with E-state index < -0.39 is 6.29 Å². The predicted octanol–water partition coefficient (Wildman–Crippen LogP) is 0.153. The molecule has 0 unspecified atom stereocenters. The molecule has 0 aliphatic heterocycles. The molecular formula is C7H12O4. The fourth-order valence-corrected chi connectivity index (χ4v) is 0.625. The Morgan fingerprint density at radius 1 is 1.45 bits per heavy atom. The van der Waals surface area contributed by atoms with Crippen LogP contribution in [0, 0.1) is 0 Å². The lowest BCUT2D eigenvalue weighted by atomic mass is 10.2. The zero-order valence-electron chi connectivity index (χ0n) is 6.70. The summed E-state index contributed by atoms with van der Waals surface area (Å²) in [4.78, 5) is 20.7. The Hall–Kier alpha value is -0.740. The van der Waals surface area contributed by atoms with Gasteiger partial charge in [-0.3, -0.25) is 4.79 Å². The van der Waals surface area contributed by atoms with Crippen LogP contribution in [0.3, 0.4) is 0 Å². The molecule has 0 saturated carbocycles. The molecule has 11 heavy (non-hydrogen) atoms. The molecule has 0 rings (SSSR count). The molecule has 0 heterocycles. The summed E-state index contributed by atoms with van der Waals surface area (Å²) >= 11 is 0. The minimum absolute atomic E-state index is 0.0663. The van der Waals surface area contributed by atoms with E-state index in [-0.39, 0.29) is 18.6 Å². The van der Waals surface area contributed by atoms with Gasteiger partial charge in [0.2, 0.25) is 0 Å². The molecule has 0 spiro atoms. The molecule has 0 amide bonds. The number of rotatable bonds is 6. The molecule has 0 saturated heterocycles. The molecule has 0 radical (unpaired) electrons. The van der Waals surface area contributed by atoms with Gasteiger partial charge in [0.05, 0.1) is 12.8 Å². The lowest BCUT2D eigenvalue weighted by Gasteiger charge is -2.10. The van der Waals surface area contributed by atoms with E-state index in [2.05, 4.69) is 0 Å². The van der Waals surface area contributed by atoms with Gasteiger partial charge in [-0.05, 0) is 0 Å². The molecule has 64 valence electrons. The van der Waals surface area contributed by atoms with Crippen molar-refractivity contribution in [2.24, 2.45) is 0 Å². The van der Waals surface area contributed by atoms with Crippen LogP contribution in [0.5, 0.6) is 0 Å². The van der Waals surface area contributed by atoms with Gasteiger partial charge in [-0.1, -0.05) is 0 Å². The SMILES string of the molecule is COC(CC(=O)CC=O)OC. The molecule has 0 aromatic carbocycles. The summed E-state index contributed by atoms with van der Waals surface area (Å²) in [5.74, 6) is -0.172. The van der Waals surface area contributed by atoms with Gasteiger partial charge in [0.1, 0.15) is 12.1 Å². The predicted molar refractivity (Wildman–Crippen MR) is 38.1 cm³/mol. The Morgan fingerprint density at radius 2 is 2.00 bits per heavy atom. The van der Waals surface area contributed by atoms with Crippen LogP contribution < -0.4 is 0 Å². The molecule has 0 atom stereocenters. The molecule has 0 aromatic heterocycles. The number of hydrogen-bond donors (Lipinski definition) is 0. The summed E-state index contributed by atoms with van der Waals surface area (Å²) in [6, 6.07) is 0. The summed E-state index contributed by atoms with van der Waals surface area (Å²) in [6.45, 7) is 0. The van der Waals surface area contributed by atoms with Gasteiger partial charge in [0.15, 0.2) is 6.29 Å². The van der Waals surface area contributed by atoms with Gasteiger partial charge < -0.3 is 14.3 Å². The Labute approximate surface area is 65.5 Å². The normalized spacial score (nSPS) is 10.1. The van der Waals surface area contributed by atoms with E-state index in [1.807, 2.05) is 0 Å². The fraction of sp³-hybridized carbons (Fsp3) is 0.714. The minimum atomic E-state index is -0.526. The summed E-state index contributed by atoms with van der Waals surface area (Å²) in [6.07, 6.45) is 0.113. The number of Topliss-reactive ketones (excluding diaryl/α,β-unsaturated/α-hetero) is 1. The maximum absolute atomic E-state index is 10.8. The third-order valence-corrected chi connectivity index (χ3v) is 1.23. The quantitative estimate of drug-likeness (QED) is 0.315. The topological polar surface area (TPSA) is 52.6 Å². The van der Waals surface area contributed by atoms with Crippen molar-refractivity contribution in [1.82, 2.24) is 0 Å². The van der Waals surface area contributed by atoms with Crippen LogP contribution in [0.1, 0.15) is 12.8 Å². The van der Waals surface area contributed by atoms with Crippen molar-refractivity contribution in [2.75, 3.05) is 14.2 Å². The van der Waals surface area contributed by atoms with Crippen molar-refractivity contribution in [3.63, 3.8) is 0 Å². The standard InChI is InChI=1S/C7H12O4/c1-10-7(11-2)5-6(9)3-4-8/h4,7H,3,5H2,1-2H3. The van der Waals surface area contributed by atoms with E-state index in [1.54, 1.807) is 0 Å². The van der Waals surface area contributed by atoms with Crippen molar-refractivity contribution in [3.05, 3.63) is 0 Å². The number of methoxy groups -OCH3 is 2. The average molecular weight is 160 g/mol. The van der Waals surface area contributed by atoms with Gasteiger partial charge in [0.25, 0.3) is 0 Å². The van der Waals surface area contributed by atoms with Crippen LogP contribution in [0.25, 0.3) is 0 Å². The minimum Gasteiger partial charge on any atom is -0.355 e. The summed E-state index contributed by atoms with van der Waals surface area (Å²) in [5, 5.41) is 0. The van der Waals surface area contributed by atoms with E-state index in [4.69, 9.17) is 9.47 Å². The third-order valence-electron chi connectivity index (χ3n) is 1.23. The second-order valence-corrected chi connectivity index (χ2v) is 2.01. The van der Waals surface area contributed by atoms with Crippen LogP contribution in [0.15, 0.2) is 0 Å². The second kappa shape index (κ2) is 6.00. The molecule has 0 fully saturated rings. The van der Waals surface area contributed by atoms with Crippen LogP contribution in [-0.4, -0.2) is 32.6 Å². The van der Waals surface area contributed by atoms with Crippen LogP contribution in [0.2, 0.25) is 0 Å². The number of ether oxygens (including phenoxy) is 2. The summed E-state index contributed by atoms with van der Waals surface area (Å²) in [5.41, 5.74) is 0. The lowest BCUT2D eigenvalue weighted by molar-refractivity contribution is -0.138. The highest BCUT2D eigenvalue weighted by molar-refractivity contribution is 5.89. The van der Waals surface area contributed by atoms with Crippen LogP contribution in [-0.2, 0) is 19.1 Å². The monoisotopic (exact) mass is 160 g/mol. The largest absolute Gasteiger partial charge is 0.355 e. The molecular weight excluding hydrogens is 148 g/mol. The summed E-state index contributed by atoms with van der Waals surface area (Å²) in [7, 11) is 2.89. The molecule has 0 aliphatic carbocycles. The number of carbonyl (C=O) groups is 2. The Bertz CT molecular complexity index is 128. The van der Waals surface area contributed by atoms with Gasteiger partial charge >= 0.3 is 0 Å². The Kier molecular flexibility index (Phi) is 5.60. The van der Waals surface area contributed by atoms with Crippen molar-refractivity contribution in [1.29, 1.82) is 0 Å². The number of carbonyl (C=O) groups excluding carboxylic acids is 2. The van der Waals surface area contributed by atoms with Crippen molar-refractivity contribution in [2.45, 2.75) is 19.1 Å². The fourth-order valence-electron chi connectivity index (χ4n) is 0.625. The highest BCUT2D eigenvalue weighted by atomic mass is 16.7. The van der Waals surface area contributed by atoms with Gasteiger partial charge in [0, 0.05) is 14.2 Å². The number of ketones is 1. The smallest absolute Gasteiger partial charge is 0.163 e. The molecule has 4 nitrogen and oxygen atoms in total. The summed E-state index contributed by atoms with van der Waals surface area (Å²) < 4.78 is 9.51. The molecule has 0 aromatic rings. The van der Waals surface area contributed by atoms with Gasteiger partial charge in [-0.2, -0.15) is 0 Å². The second-order valence-electron chi connectivity index (χ2n) is 2.01. The van der Waals surface area contributed by atoms with Crippen molar-refractivity contribution in [3.8, 4) is 0 Å². The maximum atomic E-state index is 10.8. The van der Waals surface area contributed by atoms with E-state index in [1.165, 1.54) is 14.2 Å². The zero-order valence-corrected chi connectivity index (χ0v) is 6.70. The van der Waals surface area contributed by atoms with Gasteiger partial charge in [-0.15, -0.1) is 0 Å². The first-order chi connectivity index (χ1) is 5.24. The first-order valence-corrected chi connectivity index (χ1v) is 3.25. The Balaban J connectivity index is 3.62. The molecule has 0 aliphatic rings. The molecule has 0 N–H and O–H groups in total. The molecule has 4 heteroatoms. The van der Waals surface area contributed by atoms with Crippen LogP contribution >= 0.6 is 0 Å². The number of hydrogen-bond acceptors (Lipinski definition) is 4. The highest BCUT2D eigenvalue weighted by Gasteiger charge is 2.10. The van der Waals surface area contributed by atoms with Crippen LogP contribution in [0.4, 0.5) is 0 Å². The van der Waals surface area contributed by atoms with Crippen molar-refractivity contribution >= 4 is 12.1 Å². The third kappa shape index (κ3) is 4.64.